The highest BCUT2D eigenvalue weighted by molar-refractivity contribution is 7.22. The Kier molecular flexibility index (Phi) is 5.69. The van der Waals surface area contributed by atoms with Crippen LogP contribution in [0.5, 0.6) is 0 Å². The number of amides is 1. The average Bonchev–Trinajstić information content (AvgIpc) is 3.03. The van der Waals surface area contributed by atoms with Gasteiger partial charge in [-0.3, -0.25) is 9.69 Å². The van der Waals surface area contributed by atoms with Gasteiger partial charge in [0.15, 0.2) is 5.13 Å². The minimum absolute atomic E-state index is 0.0177. The number of benzene rings is 2. The molecule has 3 rings (SSSR count). The van der Waals surface area contributed by atoms with E-state index in [0.29, 0.717) is 12.1 Å². The van der Waals surface area contributed by atoms with Gasteiger partial charge in [0.05, 0.1) is 10.2 Å². The summed E-state index contributed by atoms with van der Waals surface area (Å²) in [5.41, 5.74) is 3.93. The Morgan fingerprint density at radius 3 is 2.54 bits per heavy atom. The van der Waals surface area contributed by atoms with Crippen molar-refractivity contribution in [2.45, 2.75) is 20.3 Å². The summed E-state index contributed by atoms with van der Waals surface area (Å²) < 4.78 is 1.12. The number of carbonyl (C=O) groups excluding carboxylic acids is 1. The first kappa shape index (κ1) is 18.5. The van der Waals surface area contributed by atoms with E-state index >= 15 is 0 Å². The van der Waals surface area contributed by atoms with Crippen LogP contribution >= 0.6 is 11.3 Å². The predicted octanol–water partition coefficient (Wildman–Crippen LogP) is 4.51. The molecule has 0 fully saturated rings. The number of nitrogens with zero attached hydrogens (tertiary/aromatic N) is 3. The summed E-state index contributed by atoms with van der Waals surface area (Å²) in [6, 6.07) is 13.9. The molecule has 0 aliphatic heterocycles. The van der Waals surface area contributed by atoms with E-state index in [0.717, 1.165) is 39.4 Å². The molecule has 3 aromatic rings. The highest BCUT2D eigenvalue weighted by Gasteiger charge is 2.21. The molecule has 4 nitrogen and oxygen atoms in total. The van der Waals surface area contributed by atoms with Crippen molar-refractivity contribution in [2.75, 3.05) is 32.1 Å². The Hall–Kier alpha value is -2.24. The van der Waals surface area contributed by atoms with Crippen LogP contribution in [0.3, 0.4) is 0 Å². The third-order valence-corrected chi connectivity index (χ3v) is 5.38. The lowest BCUT2D eigenvalue weighted by molar-refractivity contribution is 0.0986. The molecule has 1 heterocycles. The van der Waals surface area contributed by atoms with Crippen LogP contribution < -0.4 is 4.90 Å². The number of para-hydroxylation sites is 1. The van der Waals surface area contributed by atoms with Crippen molar-refractivity contribution >= 4 is 32.6 Å². The lowest BCUT2D eigenvalue weighted by Crippen LogP contribution is -2.33. The van der Waals surface area contributed by atoms with Gasteiger partial charge in [-0.2, -0.15) is 0 Å². The highest BCUT2D eigenvalue weighted by atomic mass is 32.1. The van der Waals surface area contributed by atoms with Crippen LogP contribution in [-0.4, -0.2) is 43.0 Å². The molecule has 0 atom stereocenters. The van der Waals surface area contributed by atoms with Gasteiger partial charge < -0.3 is 4.90 Å². The van der Waals surface area contributed by atoms with Crippen molar-refractivity contribution in [1.29, 1.82) is 0 Å². The maximum absolute atomic E-state index is 13.2. The fourth-order valence-corrected chi connectivity index (χ4v) is 4.02. The summed E-state index contributed by atoms with van der Waals surface area (Å²) in [6.07, 6.45) is 0.902. The normalized spacial score (nSPS) is 11.3. The van der Waals surface area contributed by atoms with Gasteiger partial charge in [-0.1, -0.05) is 41.2 Å². The molecular weight excluding hydrogens is 342 g/mol. The topological polar surface area (TPSA) is 36.4 Å². The number of hydrogen-bond acceptors (Lipinski definition) is 4. The van der Waals surface area contributed by atoms with Crippen molar-refractivity contribution in [2.24, 2.45) is 0 Å². The third kappa shape index (κ3) is 4.11. The number of aryl methyl sites for hydroxylation is 2. The molecule has 0 bridgehead atoms. The molecule has 5 heteroatoms. The van der Waals surface area contributed by atoms with Gasteiger partial charge in [-0.25, -0.2) is 4.98 Å². The molecule has 0 aliphatic rings. The minimum Gasteiger partial charge on any atom is -0.309 e. The maximum atomic E-state index is 13.2. The fourth-order valence-electron chi connectivity index (χ4n) is 2.95. The van der Waals surface area contributed by atoms with Crippen molar-refractivity contribution in [3.63, 3.8) is 0 Å². The smallest absolute Gasteiger partial charge is 0.260 e. The van der Waals surface area contributed by atoms with Crippen molar-refractivity contribution in [1.82, 2.24) is 9.88 Å². The van der Waals surface area contributed by atoms with E-state index in [1.165, 1.54) is 0 Å². The summed E-state index contributed by atoms with van der Waals surface area (Å²) in [7, 11) is 4.10. The van der Waals surface area contributed by atoms with E-state index in [9.17, 15) is 4.79 Å². The number of aromatic nitrogens is 1. The quantitative estimate of drug-likeness (QED) is 0.643. The number of rotatable bonds is 6. The van der Waals surface area contributed by atoms with E-state index in [4.69, 9.17) is 4.98 Å². The third-order valence-electron chi connectivity index (χ3n) is 4.34. The first-order valence-corrected chi connectivity index (χ1v) is 9.67. The summed E-state index contributed by atoms with van der Waals surface area (Å²) in [5.74, 6) is 0.0177. The van der Waals surface area contributed by atoms with Gasteiger partial charge in [-0.05, 0) is 64.7 Å². The maximum Gasteiger partial charge on any atom is 0.260 e. The molecule has 1 amide bonds. The Morgan fingerprint density at radius 1 is 1.08 bits per heavy atom. The summed E-state index contributed by atoms with van der Waals surface area (Å²) in [6.45, 7) is 5.66. The fraction of sp³-hybridized carbons (Fsp3) is 0.333. The van der Waals surface area contributed by atoms with Gasteiger partial charge in [-0.15, -0.1) is 0 Å². The lowest BCUT2D eigenvalue weighted by Gasteiger charge is -2.21. The standard InChI is InChI=1S/C21H25N3OS/c1-15-8-5-10-17(14-15)20(25)24(13-7-12-23(3)4)21-22-19-16(2)9-6-11-18(19)26-21/h5-6,8-11,14H,7,12-13H2,1-4H3. The summed E-state index contributed by atoms with van der Waals surface area (Å²) >= 11 is 1.59. The predicted molar refractivity (Wildman–Crippen MR) is 110 cm³/mol. The molecule has 26 heavy (non-hydrogen) atoms. The second-order valence-corrected chi connectivity index (χ2v) is 7.91. The Morgan fingerprint density at radius 2 is 1.85 bits per heavy atom. The first-order valence-electron chi connectivity index (χ1n) is 8.85. The largest absolute Gasteiger partial charge is 0.309 e. The summed E-state index contributed by atoms with van der Waals surface area (Å²) in [5, 5.41) is 0.777. The Balaban J connectivity index is 1.96. The van der Waals surface area contributed by atoms with E-state index in [-0.39, 0.29) is 5.91 Å². The number of thiazole rings is 1. The second-order valence-electron chi connectivity index (χ2n) is 6.90. The van der Waals surface area contributed by atoms with E-state index in [1.807, 2.05) is 56.3 Å². The number of fused-ring (bicyclic) bond motifs is 1. The lowest BCUT2D eigenvalue weighted by atomic mass is 10.1. The van der Waals surface area contributed by atoms with Crippen molar-refractivity contribution < 1.29 is 4.79 Å². The van der Waals surface area contributed by atoms with Gasteiger partial charge in [0.1, 0.15) is 0 Å². The molecule has 0 unspecified atom stereocenters. The molecule has 0 saturated carbocycles. The van der Waals surface area contributed by atoms with Crippen LogP contribution in [0, 0.1) is 13.8 Å². The van der Waals surface area contributed by atoms with Crippen molar-refractivity contribution in [3.8, 4) is 0 Å². The second kappa shape index (κ2) is 7.98. The monoisotopic (exact) mass is 367 g/mol. The molecular formula is C21H25N3OS. The molecule has 136 valence electrons. The molecule has 2 aromatic carbocycles. The zero-order valence-electron chi connectivity index (χ0n) is 15.8. The highest BCUT2D eigenvalue weighted by Crippen LogP contribution is 2.31. The van der Waals surface area contributed by atoms with Crippen LogP contribution in [-0.2, 0) is 0 Å². The number of carbonyl (C=O) groups is 1. The molecule has 0 aliphatic carbocycles. The van der Waals surface area contributed by atoms with Crippen LogP contribution in [0.25, 0.3) is 10.2 Å². The number of hydrogen-bond donors (Lipinski definition) is 0. The van der Waals surface area contributed by atoms with Crippen LogP contribution in [0.1, 0.15) is 27.9 Å². The number of anilines is 1. The molecule has 1 aromatic heterocycles. The zero-order chi connectivity index (χ0) is 18.7. The van der Waals surface area contributed by atoms with Gasteiger partial charge in [0.2, 0.25) is 0 Å². The minimum atomic E-state index is 0.0177. The van der Waals surface area contributed by atoms with Gasteiger partial charge >= 0.3 is 0 Å². The van der Waals surface area contributed by atoms with Crippen LogP contribution in [0.4, 0.5) is 5.13 Å². The van der Waals surface area contributed by atoms with E-state index in [1.54, 1.807) is 11.3 Å². The van der Waals surface area contributed by atoms with E-state index in [2.05, 4.69) is 24.0 Å². The summed E-state index contributed by atoms with van der Waals surface area (Å²) in [4.78, 5) is 22.0. The SMILES string of the molecule is Cc1cccc(C(=O)N(CCCN(C)C)c2nc3c(C)cccc3s2)c1. The molecule has 0 radical (unpaired) electrons. The molecule has 0 saturated heterocycles. The van der Waals surface area contributed by atoms with Gasteiger partial charge in [0.25, 0.3) is 5.91 Å². The van der Waals surface area contributed by atoms with E-state index < -0.39 is 0 Å². The molecule has 0 spiro atoms. The Labute approximate surface area is 159 Å². The van der Waals surface area contributed by atoms with Crippen LogP contribution in [0.15, 0.2) is 42.5 Å². The van der Waals surface area contributed by atoms with Gasteiger partial charge in [0, 0.05) is 12.1 Å². The first-order chi connectivity index (χ1) is 12.5. The zero-order valence-corrected chi connectivity index (χ0v) is 16.6. The van der Waals surface area contributed by atoms with Crippen molar-refractivity contribution in [3.05, 3.63) is 59.2 Å². The Bertz CT molecular complexity index is 917. The molecule has 0 N–H and O–H groups in total. The van der Waals surface area contributed by atoms with Crippen LogP contribution in [0.2, 0.25) is 0 Å². The average molecular weight is 368 g/mol.